The van der Waals surface area contributed by atoms with Gasteiger partial charge in [0.2, 0.25) is 0 Å². The average molecular weight is 247 g/mol. The predicted molar refractivity (Wildman–Crippen MR) is 70.6 cm³/mol. The zero-order chi connectivity index (χ0) is 13.1. The molecule has 5 heteroatoms. The number of pyridine rings is 1. The fraction of sp³-hybridized carbons (Fsp3) is 0.385. The molecule has 2 rings (SSSR count). The van der Waals surface area contributed by atoms with Crippen molar-refractivity contribution in [2.75, 3.05) is 18.4 Å². The number of hydrogen-bond donors (Lipinski definition) is 2. The molecule has 1 saturated heterocycles. The molecule has 1 aromatic rings. The Morgan fingerprint density at radius 1 is 1.44 bits per heavy atom. The largest absolute Gasteiger partial charge is 0.321 e. The number of rotatable bonds is 3. The van der Waals surface area contributed by atoms with E-state index in [2.05, 4.69) is 10.6 Å². The van der Waals surface area contributed by atoms with Crippen molar-refractivity contribution in [1.29, 1.82) is 0 Å². The number of anilines is 1. The van der Waals surface area contributed by atoms with Crippen LogP contribution in [0.2, 0.25) is 0 Å². The zero-order valence-corrected chi connectivity index (χ0v) is 10.6. The molecule has 0 saturated carbocycles. The van der Waals surface area contributed by atoms with Crippen LogP contribution in [0.15, 0.2) is 34.3 Å². The highest BCUT2D eigenvalue weighted by Crippen LogP contribution is 2.12. The fourth-order valence-electron chi connectivity index (χ4n) is 1.75. The molecule has 1 aliphatic rings. The highest BCUT2D eigenvalue weighted by molar-refractivity contribution is 6.03. The van der Waals surface area contributed by atoms with E-state index in [1.807, 2.05) is 13.8 Å². The minimum absolute atomic E-state index is 0.0613. The maximum atomic E-state index is 11.9. The number of carbonyl (C=O) groups excluding carboxylic acids is 1. The molecule has 0 spiro atoms. The summed E-state index contributed by atoms with van der Waals surface area (Å²) in [5, 5.41) is 5.91. The smallest absolute Gasteiger partial charge is 0.251 e. The minimum Gasteiger partial charge on any atom is -0.321 e. The SMILES string of the molecule is CCn1cc(NC(=O)C(C)=C2CNC2)ccc1=O. The lowest BCUT2D eigenvalue weighted by Crippen LogP contribution is -2.36. The highest BCUT2D eigenvalue weighted by atomic mass is 16.1. The Hall–Kier alpha value is -1.88. The Morgan fingerprint density at radius 3 is 2.72 bits per heavy atom. The summed E-state index contributed by atoms with van der Waals surface area (Å²) in [5.41, 5.74) is 2.47. The van der Waals surface area contributed by atoms with Crippen LogP contribution >= 0.6 is 0 Å². The number of carbonyl (C=O) groups is 1. The third-order valence-corrected chi connectivity index (χ3v) is 3.13. The van der Waals surface area contributed by atoms with Gasteiger partial charge >= 0.3 is 0 Å². The second-order valence-corrected chi connectivity index (χ2v) is 4.33. The van der Waals surface area contributed by atoms with Gasteiger partial charge < -0.3 is 15.2 Å². The summed E-state index contributed by atoms with van der Waals surface area (Å²) < 4.78 is 1.56. The third-order valence-electron chi connectivity index (χ3n) is 3.13. The van der Waals surface area contributed by atoms with E-state index in [1.54, 1.807) is 16.8 Å². The van der Waals surface area contributed by atoms with E-state index >= 15 is 0 Å². The van der Waals surface area contributed by atoms with E-state index in [0.29, 0.717) is 12.2 Å². The van der Waals surface area contributed by atoms with Crippen LogP contribution in [0.1, 0.15) is 13.8 Å². The van der Waals surface area contributed by atoms with E-state index in [4.69, 9.17) is 0 Å². The van der Waals surface area contributed by atoms with E-state index in [1.165, 1.54) is 6.07 Å². The van der Waals surface area contributed by atoms with Crippen molar-refractivity contribution in [3.8, 4) is 0 Å². The van der Waals surface area contributed by atoms with Gasteiger partial charge in [0.05, 0.1) is 5.69 Å². The summed E-state index contributed by atoms with van der Waals surface area (Å²) in [6, 6.07) is 3.09. The molecule has 0 aromatic carbocycles. The molecule has 0 unspecified atom stereocenters. The van der Waals surface area contributed by atoms with Gasteiger partial charge in [0.1, 0.15) is 0 Å². The zero-order valence-electron chi connectivity index (χ0n) is 10.6. The first-order valence-corrected chi connectivity index (χ1v) is 6.03. The lowest BCUT2D eigenvalue weighted by Gasteiger charge is -2.21. The fourth-order valence-corrected chi connectivity index (χ4v) is 1.75. The normalized spacial score (nSPS) is 14.0. The summed E-state index contributed by atoms with van der Waals surface area (Å²) in [4.78, 5) is 23.4. The van der Waals surface area contributed by atoms with E-state index < -0.39 is 0 Å². The summed E-state index contributed by atoms with van der Waals surface area (Å²) in [6.07, 6.45) is 1.66. The van der Waals surface area contributed by atoms with Crippen molar-refractivity contribution in [3.05, 3.63) is 39.8 Å². The molecule has 96 valence electrons. The summed E-state index contributed by atoms with van der Waals surface area (Å²) in [5.74, 6) is -0.104. The summed E-state index contributed by atoms with van der Waals surface area (Å²) in [7, 11) is 0. The molecule has 1 amide bonds. The molecule has 0 aliphatic carbocycles. The molecule has 0 radical (unpaired) electrons. The number of amides is 1. The van der Waals surface area contributed by atoms with Crippen LogP contribution in [-0.4, -0.2) is 23.6 Å². The Kier molecular flexibility index (Phi) is 3.62. The van der Waals surface area contributed by atoms with E-state index in [0.717, 1.165) is 24.2 Å². The molecule has 1 aliphatic heterocycles. The van der Waals surface area contributed by atoms with E-state index in [-0.39, 0.29) is 11.5 Å². The Morgan fingerprint density at radius 2 is 2.17 bits per heavy atom. The van der Waals surface area contributed by atoms with Crippen LogP contribution < -0.4 is 16.2 Å². The molecule has 2 heterocycles. The van der Waals surface area contributed by atoms with Gasteiger partial charge in [-0.2, -0.15) is 0 Å². The van der Waals surface area contributed by atoms with Crippen molar-refractivity contribution in [1.82, 2.24) is 9.88 Å². The second kappa shape index (κ2) is 5.18. The number of aryl methyl sites for hydroxylation is 1. The third kappa shape index (κ3) is 2.51. The Labute approximate surface area is 106 Å². The van der Waals surface area contributed by atoms with Gasteiger partial charge in [-0.1, -0.05) is 0 Å². The van der Waals surface area contributed by atoms with Crippen LogP contribution in [0.3, 0.4) is 0 Å². The molecule has 2 N–H and O–H groups in total. The number of hydrogen-bond acceptors (Lipinski definition) is 3. The van der Waals surface area contributed by atoms with Gasteiger partial charge in [-0.15, -0.1) is 0 Å². The lowest BCUT2D eigenvalue weighted by molar-refractivity contribution is -0.112. The number of aromatic nitrogens is 1. The highest BCUT2D eigenvalue weighted by Gasteiger charge is 2.16. The van der Waals surface area contributed by atoms with Crippen molar-refractivity contribution in [3.63, 3.8) is 0 Å². The van der Waals surface area contributed by atoms with Crippen LogP contribution in [0.5, 0.6) is 0 Å². The monoisotopic (exact) mass is 247 g/mol. The Balaban J connectivity index is 2.14. The Bertz CT molecular complexity index is 552. The lowest BCUT2D eigenvalue weighted by atomic mass is 10.0. The van der Waals surface area contributed by atoms with Gasteiger partial charge in [0, 0.05) is 37.5 Å². The first-order valence-electron chi connectivity index (χ1n) is 6.03. The molecular formula is C13H17N3O2. The second-order valence-electron chi connectivity index (χ2n) is 4.33. The molecule has 18 heavy (non-hydrogen) atoms. The quantitative estimate of drug-likeness (QED) is 0.774. The summed E-state index contributed by atoms with van der Waals surface area (Å²) in [6.45, 7) is 5.87. The molecule has 1 fully saturated rings. The molecule has 0 bridgehead atoms. The van der Waals surface area contributed by atoms with Crippen molar-refractivity contribution in [2.24, 2.45) is 0 Å². The van der Waals surface area contributed by atoms with Crippen LogP contribution in [0.4, 0.5) is 5.69 Å². The number of nitrogens with one attached hydrogen (secondary N) is 2. The van der Waals surface area contributed by atoms with Crippen molar-refractivity contribution >= 4 is 11.6 Å². The predicted octanol–water partition coefficient (Wildman–Crippen LogP) is 0.726. The molecular weight excluding hydrogens is 230 g/mol. The van der Waals surface area contributed by atoms with Gasteiger partial charge in [0.15, 0.2) is 0 Å². The summed E-state index contributed by atoms with van der Waals surface area (Å²) >= 11 is 0. The molecule has 5 nitrogen and oxygen atoms in total. The first-order chi connectivity index (χ1) is 8.61. The van der Waals surface area contributed by atoms with Gasteiger partial charge in [0.25, 0.3) is 11.5 Å². The maximum Gasteiger partial charge on any atom is 0.251 e. The first kappa shape index (κ1) is 12.6. The minimum atomic E-state index is -0.104. The van der Waals surface area contributed by atoms with Crippen LogP contribution in [0, 0.1) is 0 Å². The van der Waals surface area contributed by atoms with Gasteiger partial charge in [-0.05, 0) is 25.5 Å². The van der Waals surface area contributed by atoms with Gasteiger partial charge in [-0.25, -0.2) is 0 Å². The van der Waals surface area contributed by atoms with Crippen molar-refractivity contribution in [2.45, 2.75) is 20.4 Å². The van der Waals surface area contributed by atoms with Crippen LogP contribution in [-0.2, 0) is 11.3 Å². The van der Waals surface area contributed by atoms with Crippen LogP contribution in [0.25, 0.3) is 0 Å². The average Bonchev–Trinajstić information content (AvgIpc) is 2.29. The topological polar surface area (TPSA) is 63.1 Å². The molecule has 1 aromatic heterocycles. The number of nitrogens with zero attached hydrogens (tertiary/aromatic N) is 1. The van der Waals surface area contributed by atoms with Gasteiger partial charge in [-0.3, -0.25) is 9.59 Å². The molecule has 0 atom stereocenters. The standard InChI is InChI=1S/C13H17N3O2/c1-3-16-8-11(4-5-12(16)17)15-13(18)9(2)10-6-14-7-10/h4-5,8,14H,3,6-7H2,1-2H3,(H,15,18). The maximum absolute atomic E-state index is 11.9. The van der Waals surface area contributed by atoms with Crippen molar-refractivity contribution < 1.29 is 4.79 Å². The van der Waals surface area contributed by atoms with E-state index in [9.17, 15) is 9.59 Å².